The van der Waals surface area contributed by atoms with Gasteiger partial charge in [0.15, 0.2) is 0 Å². The van der Waals surface area contributed by atoms with Crippen LogP contribution < -0.4 is 16.2 Å². The van der Waals surface area contributed by atoms with Crippen LogP contribution in [0.15, 0.2) is 35.3 Å². The second-order valence-corrected chi connectivity index (χ2v) is 8.08. The monoisotopic (exact) mass is 409 g/mol. The number of aryl methyl sites for hydroxylation is 1. The normalized spacial score (nSPS) is 14.3. The van der Waals surface area contributed by atoms with Crippen LogP contribution >= 0.6 is 0 Å². The van der Waals surface area contributed by atoms with Crippen LogP contribution in [0.2, 0.25) is 0 Å². The van der Waals surface area contributed by atoms with Crippen molar-refractivity contribution in [1.82, 2.24) is 14.9 Å². The molecule has 0 aliphatic heterocycles. The van der Waals surface area contributed by atoms with Gasteiger partial charge < -0.3 is 10.6 Å². The van der Waals surface area contributed by atoms with Crippen LogP contribution in [0, 0.1) is 18.3 Å². The summed E-state index contributed by atoms with van der Waals surface area (Å²) in [5, 5.41) is 13.2. The zero-order valence-electron chi connectivity index (χ0n) is 17.8. The van der Waals surface area contributed by atoms with Crippen molar-refractivity contribution in [2.24, 2.45) is 5.92 Å². The summed E-state index contributed by atoms with van der Waals surface area (Å²) in [6.45, 7) is 4.14. The number of anilines is 1. The number of amidine groups is 1. The van der Waals surface area contributed by atoms with E-state index in [4.69, 9.17) is 5.41 Å². The van der Waals surface area contributed by atoms with Crippen LogP contribution in [-0.2, 0) is 11.2 Å². The van der Waals surface area contributed by atoms with Gasteiger partial charge in [0, 0.05) is 24.0 Å². The molecule has 0 unspecified atom stereocenters. The average molecular weight is 410 g/mol. The molecule has 1 fully saturated rings. The SMILES string of the molecule is CC(=N)NC(=O)Cc1cccnc1-n1c(C)ccc(NCCC2CCCCC2)c1=O. The summed E-state index contributed by atoms with van der Waals surface area (Å²) >= 11 is 0. The van der Waals surface area contributed by atoms with Crippen molar-refractivity contribution >= 4 is 17.4 Å². The third-order valence-corrected chi connectivity index (χ3v) is 5.63. The quantitative estimate of drug-likeness (QED) is 0.481. The molecular formula is C23H31N5O2. The van der Waals surface area contributed by atoms with Gasteiger partial charge in [-0.25, -0.2) is 4.98 Å². The standard InChI is InChI=1S/C23H31N5O2/c1-16-10-11-20(25-14-12-18-7-4-3-5-8-18)23(30)28(16)22-19(9-6-13-26-22)15-21(29)27-17(2)24/h6,9-11,13,18,25H,3-5,7-8,12,14-15H2,1-2H3,(H2,24,27,29). The van der Waals surface area contributed by atoms with E-state index in [0.717, 1.165) is 24.6 Å². The Morgan fingerprint density at radius 1 is 1.23 bits per heavy atom. The lowest BCUT2D eigenvalue weighted by Gasteiger charge is -2.21. The molecule has 0 atom stereocenters. The van der Waals surface area contributed by atoms with Crippen molar-refractivity contribution in [2.75, 3.05) is 11.9 Å². The molecule has 3 rings (SSSR count). The first-order valence-electron chi connectivity index (χ1n) is 10.7. The first-order chi connectivity index (χ1) is 14.5. The van der Waals surface area contributed by atoms with E-state index >= 15 is 0 Å². The van der Waals surface area contributed by atoms with Crippen molar-refractivity contribution in [3.8, 4) is 5.82 Å². The highest BCUT2D eigenvalue weighted by Crippen LogP contribution is 2.26. The predicted octanol–water partition coefficient (Wildman–Crippen LogP) is 3.58. The molecule has 0 aromatic carbocycles. The van der Waals surface area contributed by atoms with E-state index in [9.17, 15) is 9.59 Å². The van der Waals surface area contributed by atoms with Gasteiger partial charge in [-0.15, -0.1) is 0 Å². The summed E-state index contributed by atoms with van der Waals surface area (Å²) in [5.74, 6) is 0.984. The van der Waals surface area contributed by atoms with Gasteiger partial charge in [-0.1, -0.05) is 38.2 Å². The number of hydrogen-bond acceptors (Lipinski definition) is 5. The number of nitrogens with one attached hydrogen (secondary N) is 3. The van der Waals surface area contributed by atoms with Gasteiger partial charge in [-0.05, 0) is 44.4 Å². The third-order valence-electron chi connectivity index (χ3n) is 5.63. The molecule has 2 aromatic rings. The van der Waals surface area contributed by atoms with Gasteiger partial charge >= 0.3 is 0 Å². The number of carbonyl (C=O) groups excluding carboxylic acids is 1. The van der Waals surface area contributed by atoms with E-state index in [1.165, 1.54) is 39.0 Å². The molecule has 2 heterocycles. The van der Waals surface area contributed by atoms with Gasteiger partial charge in [-0.2, -0.15) is 0 Å². The van der Waals surface area contributed by atoms with Crippen LogP contribution in [0.4, 0.5) is 5.69 Å². The van der Waals surface area contributed by atoms with Crippen LogP contribution in [0.1, 0.15) is 56.7 Å². The zero-order valence-corrected chi connectivity index (χ0v) is 17.8. The van der Waals surface area contributed by atoms with Crippen molar-refractivity contribution in [2.45, 2.75) is 58.8 Å². The Balaban J connectivity index is 1.80. The average Bonchev–Trinajstić information content (AvgIpc) is 2.71. The number of nitrogens with zero attached hydrogens (tertiary/aromatic N) is 2. The second kappa shape index (κ2) is 10.2. The first-order valence-corrected chi connectivity index (χ1v) is 10.7. The fourth-order valence-electron chi connectivity index (χ4n) is 4.11. The Morgan fingerprint density at radius 3 is 2.73 bits per heavy atom. The molecule has 0 bridgehead atoms. The van der Waals surface area contributed by atoms with E-state index in [1.54, 1.807) is 22.9 Å². The zero-order chi connectivity index (χ0) is 21.5. The van der Waals surface area contributed by atoms with E-state index in [-0.39, 0.29) is 23.7 Å². The van der Waals surface area contributed by atoms with E-state index in [1.807, 2.05) is 19.1 Å². The lowest BCUT2D eigenvalue weighted by atomic mass is 9.87. The molecule has 0 spiro atoms. The Labute approximate surface area is 177 Å². The molecule has 160 valence electrons. The molecule has 2 aromatic heterocycles. The summed E-state index contributed by atoms with van der Waals surface area (Å²) in [7, 11) is 0. The predicted molar refractivity (Wildman–Crippen MR) is 120 cm³/mol. The summed E-state index contributed by atoms with van der Waals surface area (Å²) in [6, 6.07) is 7.25. The first kappa shape index (κ1) is 21.7. The van der Waals surface area contributed by atoms with Crippen LogP contribution in [0.3, 0.4) is 0 Å². The molecule has 1 aliphatic carbocycles. The summed E-state index contributed by atoms with van der Waals surface area (Å²) < 4.78 is 1.56. The molecule has 7 heteroatoms. The van der Waals surface area contributed by atoms with E-state index < -0.39 is 0 Å². The number of amides is 1. The highest BCUT2D eigenvalue weighted by Gasteiger charge is 2.16. The molecule has 30 heavy (non-hydrogen) atoms. The van der Waals surface area contributed by atoms with Crippen LogP contribution in [-0.4, -0.2) is 27.8 Å². The van der Waals surface area contributed by atoms with E-state index in [2.05, 4.69) is 15.6 Å². The minimum atomic E-state index is -0.302. The molecule has 3 N–H and O–H groups in total. The lowest BCUT2D eigenvalue weighted by Crippen LogP contribution is -2.30. The fraction of sp³-hybridized carbons (Fsp3) is 0.478. The molecule has 1 aliphatic rings. The number of pyridine rings is 2. The molecule has 0 radical (unpaired) electrons. The second-order valence-electron chi connectivity index (χ2n) is 8.08. The van der Waals surface area contributed by atoms with Crippen molar-refractivity contribution in [1.29, 1.82) is 5.41 Å². The number of hydrogen-bond donors (Lipinski definition) is 3. The Bertz CT molecular complexity index is 960. The van der Waals surface area contributed by atoms with Crippen molar-refractivity contribution < 1.29 is 4.79 Å². The third kappa shape index (κ3) is 5.55. The molecule has 7 nitrogen and oxygen atoms in total. The Kier molecular flexibility index (Phi) is 7.38. The van der Waals surface area contributed by atoms with Gasteiger partial charge in [-0.3, -0.25) is 19.6 Å². The molecule has 1 amide bonds. The fourth-order valence-corrected chi connectivity index (χ4v) is 4.11. The van der Waals surface area contributed by atoms with Crippen LogP contribution in [0.25, 0.3) is 5.82 Å². The highest BCUT2D eigenvalue weighted by molar-refractivity contribution is 5.96. The Hall–Kier alpha value is -2.96. The Morgan fingerprint density at radius 2 is 2.00 bits per heavy atom. The number of rotatable bonds is 7. The highest BCUT2D eigenvalue weighted by atomic mass is 16.1. The van der Waals surface area contributed by atoms with E-state index in [0.29, 0.717) is 17.1 Å². The lowest BCUT2D eigenvalue weighted by molar-refractivity contribution is -0.119. The maximum atomic E-state index is 13.2. The number of aromatic nitrogens is 2. The molecule has 0 saturated heterocycles. The minimum absolute atomic E-state index is 0.0462. The summed E-state index contributed by atoms with van der Waals surface area (Å²) in [6.07, 6.45) is 9.29. The minimum Gasteiger partial charge on any atom is -0.381 e. The van der Waals surface area contributed by atoms with Gasteiger partial charge in [0.2, 0.25) is 5.91 Å². The number of carbonyl (C=O) groups is 1. The van der Waals surface area contributed by atoms with Crippen molar-refractivity contribution in [3.05, 3.63) is 52.1 Å². The summed E-state index contributed by atoms with van der Waals surface area (Å²) in [4.78, 5) is 29.8. The largest absolute Gasteiger partial charge is 0.381 e. The topological polar surface area (TPSA) is 99.9 Å². The maximum Gasteiger partial charge on any atom is 0.279 e. The van der Waals surface area contributed by atoms with Crippen molar-refractivity contribution in [3.63, 3.8) is 0 Å². The van der Waals surface area contributed by atoms with Gasteiger partial charge in [0.05, 0.1) is 12.3 Å². The molecular weight excluding hydrogens is 378 g/mol. The molecule has 1 saturated carbocycles. The smallest absolute Gasteiger partial charge is 0.279 e. The maximum absolute atomic E-state index is 13.2. The van der Waals surface area contributed by atoms with Crippen LogP contribution in [0.5, 0.6) is 0 Å². The van der Waals surface area contributed by atoms with Gasteiger partial charge in [0.1, 0.15) is 11.5 Å². The van der Waals surface area contributed by atoms with Gasteiger partial charge in [0.25, 0.3) is 5.56 Å². The summed E-state index contributed by atoms with van der Waals surface area (Å²) in [5.41, 5.74) is 1.78.